The first-order valence-corrected chi connectivity index (χ1v) is 8.29. The van der Waals surface area contributed by atoms with Crippen molar-refractivity contribution in [3.05, 3.63) is 23.8 Å². The third-order valence-electron chi connectivity index (χ3n) is 4.16. The number of nitrogens with zero attached hydrogens (tertiary/aromatic N) is 1. The molecule has 1 heterocycles. The van der Waals surface area contributed by atoms with Crippen LogP contribution >= 0.6 is 11.8 Å². The maximum absolute atomic E-state index is 12.6. The highest BCUT2D eigenvalue weighted by Gasteiger charge is 2.38. The molecule has 0 aromatic heterocycles. The minimum Gasteiger partial charge on any atom is -0.508 e. The lowest BCUT2D eigenvalue weighted by atomic mass is 9.99. The molecule has 0 spiro atoms. The summed E-state index contributed by atoms with van der Waals surface area (Å²) in [7, 11) is 0. The molecule has 0 bridgehead atoms. The van der Waals surface area contributed by atoms with E-state index in [0.29, 0.717) is 11.5 Å². The number of rotatable bonds is 4. The Morgan fingerprint density at radius 1 is 1.23 bits per heavy atom. The molecule has 3 rings (SSSR count). The van der Waals surface area contributed by atoms with Crippen LogP contribution in [0.5, 0.6) is 5.75 Å². The fourth-order valence-corrected chi connectivity index (χ4v) is 3.68. The second kappa shape index (κ2) is 6.29. The molecular weight excluding hydrogens is 313 g/mol. The summed E-state index contributed by atoms with van der Waals surface area (Å²) in [6, 6.07) is 4.26. The van der Waals surface area contributed by atoms with Gasteiger partial charge in [-0.05, 0) is 48.7 Å². The zero-order chi connectivity index (χ0) is 15.7. The first-order valence-electron chi connectivity index (χ1n) is 7.47. The van der Waals surface area contributed by atoms with Crippen molar-refractivity contribution in [2.45, 2.75) is 29.3 Å². The van der Waals surface area contributed by atoms with Gasteiger partial charge in [0, 0.05) is 42.7 Å². The van der Waals surface area contributed by atoms with E-state index in [9.17, 15) is 18.3 Å². The number of benzene rings is 1. The standard InChI is InChI=1S/C15H19F3N2OS/c16-15(17,18)22-11-3-4-13(21)12(9-11)14(10-1-2-10)20-7-5-19-6-8-20/h3-4,9-10,14,19,21H,1-2,5-8H2/t14-/m1/s1. The number of piperazine rings is 1. The SMILES string of the molecule is Oc1ccc(SC(F)(F)F)cc1[C@@H](C1CC1)N1CCNCC1. The maximum atomic E-state index is 12.6. The van der Waals surface area contributed by atoms with Crippen molar-refractivity contribution in [3.8, 4) is 5.75 Å². The second-order valence-electron chi connectivity index (χ2n) is 5.84. The Hall–Kier alpha value is -0.920. The Balaban J connectivity index is 1.87. The van der Waals surface area contributed by atoms with E-state index in [1.165, 1.54) is 18.2 Å². The zero-order valence-corrected chi connectivity index (χ0v) is 12.9. The zero-order valence-electron chi connectivity index (χ0n) is 12.1. The number of thioether (sulfide) groups is 1. The monoisotopic (exact) mass is 332 g/mol. The largest absolute Gasteiger partial charge is 0.508 e. The molecule has 1 aliphatic heterocycles. The van der Waals surface area contributed by atoms with Crippen LogP contribution in [-0.4, -0.2) is 41.7 Å². The van der Waals surface area contributed by atoms with E-state index in [2.05, 4.69) is 10.2 Å². The van der Waals surface area contributed by atoms with Crippen LogP contribution in [0.2, 0.25) is 0 Å². The highest BCUT2D eigenvalue weighted by molar-refractivity contribution is 8.00. The molecule has 1 aliphatic carbocycles. The number of aromatic hydroxyl groups is 1. The number of halogens is 3. The van der Waals surface area contributed by atoms with Gasteiger partial charge in [-0.15, -0.1) is 0 Å². The number of hydrogen-bond donors (Lipinski definition) is 2. The average molecular weight is 332 g/mol. The van der Waals surface area contributed by atoms with Crippen molar-refractivity contribution in [1.29, 1.82) is 0 Å². The van der Waals surface area contributed by atoms with Crippen LogP contribution in [0.25, 0.3) is 0 Å². The van der Waals surface area contributed by atoms with E-state index < -0.39 is 5.51 Å². The van der Waals surface area contributed by atoms with Crippen molar-refractivity contribution in [2.24, 2.45) is 5.92 Å². The quantitative estimate of drug-likeness (QED) is 0.829. The molecule has 0 amide bonds. The van der Waals surface area contributed by atoms with E-state index in [4.69, 9.17) is 0 Å². The minimum absolute atomic E-state index is 0.0240. The van der Waals surface area contributed by atoms with Crippen LogP contribution in [0.15, 0.2) is 23.1 Å². The summed E-state index contributed by atoms with van der Waals surface area (Å²) in [5.41, 5.74) is -3.67. The lowest BCUT2D eigenvalue weighted by Crippen LogP contribution is -2.45. The van der Waals surface area contributed by atoms with E-state index in [1.54, 1.807) is 0 Å². The van der Waals surface area contributed by atoms with Crippen molar-refractivity contribution >= 4 is 11.8 Å². The van der Waals surface area contributed by atoms with Gasteiger partial charge in [0.05, 0.1) is 0 Å². The third kappa shape index (κ3) is 3.88. The molecule has 2 aliphatic rings. The number of hydrogen-bond acceptors (Lipinski definition) is 4. The Morgan fingerprint density at radius 3 is 2.50 bits per heavy atom. The summed E-state index contributed by atoms with van der Waals surface area (Å²) >= 11 is -0.122. The minimum atomic E-state index is -4.31. The Bertz CT molecular complexity index is 528. The molecule has 1 saturated heterocycles. The van der Waals surface area contributed by atoms with Crippen molar-refractivity contribution in [1.82, 2.24) is 10.2 Å². The summed E-state index contributed by atoms with van der Waals surface area (Å²) in [5.74, 6) is 0.539. The Kier molecular flexibility index (Phi) is 4.56. The molecule has 2 N–H and O–H groups in total. The number of phenols is 1. The van der Waals surface area contributed by atoms with Crippen LogP contribution in [0, 0.1) is 5.92 Å². The van der Waals surface area contributed by atoms with Gasteiger partial charge in [0.25, 0.3) is 0 Å². The second-order valence-corrected chi connectivity index (χ2v) is 6.98. The fourth-order valence-electron chi connectivity index (χ4n) is 3.09. The molecule has 1 aromatic rings. The molecule has 7 heteroatoms. The highest BCUT2D eigenvalue weighted by Crippen LogP contribution is 2.48. The van der Waals surface area contributed by atoms with Gasteiger partial charge in [0.2, 0.25) is 0 Å². The van der Waals surface area contributed by atoms with E-state index >= 15 is 0 Å². The van der Waals surface area contributed by atoms with Crippen molar-refractivity contribution in [3.63, 3.8) is 0 Å². The van der Waals surface area contributed by atoms with Crippen LogP contribution in [0.4, 0.5) is 13.2 Å². The normalized spacial score (nSPS) is 21.8. The summed E-state index contributed by atoms with van der Waals surface area (Å²) < 4.78 is 37.7. The van der Waals surface area contributed by atoms with Crippen LogP contribution < -0.4 is 5.32 Å². The van der Waals surface area contributed by atoms with Crippen LogP contribution in [0.3, 0.4) is 0 Å². The van der Waals surface area contributed by atoms with Gasteiger partial charge in [-0.25, -0.2) is 0 Å². The molecule has 122 valence electrons. The van der Waals surface area contributed by atoms with E-state index in [0.717, 1.165) is 39.0 Å². The van der Waals surface area contributed by atoms with Gasteiger partial charge in [-0.2, -0.15) is 13.2 Å². The topological polar surface area (TPSA) is 35.5 Å². The smallest absolute Gasteiger partial charge is 0.446 e. The number of alkyl halides is 3. The number of phenolic OH excluding ortho intramolecular Hbond substituents is 1. The van der Waals surface area contributed by atoms with Gasteiger partial charge in [-0.1, -0.05) is 0 Å². The predicted molar refractivity (Wildman–Crippen MR) is 79.9 cm³/mol. The molecular formula is C15H19F3N2OS. The Morgan fingerprint density at radius 2 is 1.91 bits per heavy atom. The number of nitrogens with one attached hydrogen (secondary N) is 1. The summed E-state index contributed by atoms with van der Waals surface area (Å²) in [5, 5.41) is 13.5. The van der Waals surface area contributed by atoms with Gasteiger partial charge in [0.15, 0.2) is 0 Å². The van der Waals surface area contributed by atoms with Crippen molar-refractivity contribution < 1.29 is 18.3 Å². The maximum Gasteiger partial charge on any atom is 0.446 e. The van der Waals surface area contributed by atoms with E-state index in [-0.39, 0.29) is 28.4 Å². The van der Waals surface area contributed by atoms with Gasteiger partial charge >= 0.3 is 5.51 Å². The van der Waals surface area contributed by atoms with Crippen LogP contribution in [-0.2, 0) is 0 Å². The predicted octanol–water partition coefficient (Wildman–Crippen LogP) is 3.36. The molecule has 1 atom stereocenters. The average Bonchev–Trinajstić information content (AvgIpc) is 3.27. The third-order valence-corrected chi connectivity index (χ3v) is 4.89. The fraction of sp³-hybridized carbons (Fsp3) is 0.600. The highest BCUT2D eigenvalue weighted by atomic mass is 32.2. The molecule has 2 fully saturated rings. The van der Waals surface area contributed by atoms with Gasteiger partial charge < -0.3 is 10.4 Å². The van der Waals surface area contributed by atoms with Crippen molar-refractivity contribution in [2.75, 3.05) is 26.2 Å². The van der Waals surface area contributed by atoms with E-state index in [1.807, 2.05) is 0 Å². The summed E-state index contributed by atoms with van der Waals surface area (Å²) in [6.07, 6.45) is 2.15. The van der Waals surface area contributed by atoms with Gasteiger partial charge in [-0.3, -0.25) is 4.90 Å². The lowest BCUT2D eigenvalue weighted by Gasteiger charge is -2.36. The molecule has 0 unspecified atom stereocenters. The molecule has 0 radical (unpaired) electrons. The molecule has 3 nitrogen and oxygen atoms in total. The summed E-state index contributed by atoms with van der Waals surface area (Å²) in [6.45, 7) is 3.47. The molecule has 1 saturated carbocycles. The first kappa shape index (κ1) is 16.0. The van der Waals surface area contributed by atoms with Gasteiger partial charge in [0.1, 0.15) is 5.75 Å². The molecule has 1 aromatic carbocycles. The summed E-state index contributed by atoms with van der Waals surface area (Å²) in [4.78, 5) is 2.42. The Labute approximate surface area is 131 Å². The van der Waals surface area contributed by atoms with Crippen LogP contribution in [0.1, 0.15) is 24.4 Å². The first-order chi connectivity index (χ1) is 10.4. The lowest BCUT2D eigenvalue weighted by molar-refractivity contribution is -0.0328. The molecule has 22 heavy (non-hydrogen) atoms.